The van der Waals surface area contributed by atoms with E-state index in [0.29, 0.717) is 4.90 Å². The van der Waals surface area contributed by atoms with Crippen molar-refractivity contribution in [1.82, 2.24) is 4.90 Å². The Hall–Kier alpha value is -2.26. The lowest BCUT2D eigenvalue weighted by Crippen LogP contribution is -2.52. The lowest BCUT2D eigenvalue weighted by atomic mass is 10.1. The maximum atomic E-state index is 12.6. The number of aliphatic carboxylic acids is 1. The van der Waals surface area contributed by atoms with Gasteiger partial charge < -0.3 is 5.11 Å². The molecule has 1 aromatic carbocycles. The number of imide groups is 1. The second-order valence-corrected chi connectivity index (χ2v) is 7.13. The van der Waals surface area contributed by atoms with Crippen LogP contribution in [0.5, 0.6) is 0 Å². The highest BCUT2D eigenvalue weighted by Gasteiger charge is 2.38. The molecular formula is C15H19NO7S. The van der Waals surface area contributed by atoms with Crippen molar-refractivity contribution in [2.75, 3.05) is 5.75 Å². The van der Waals surface area contributed by atoms with Gasteiger partial charge in [-0.25, -0.2) is 4.79 Å². The van der Waals surface area contributed by atoms with Gasteiger partial charge in [-0.3, -0.25) is 19.0 Å². The number of carbonyl (C=O) groups excluding carboxylic acids is 2. The van der Waals surface area contributed by atoms with Crippen LogP contribution in [0.1, 0.15) is 30.6 Å². The Labute approximate surface area is 139 Å². The third kappa shape index (κ3) is 5.74. The Balaban J connectivity index is 3.32. The Kier molecular flexibility index (Phi) is 6.61. The van der Waals surface area contributed by atoms with Crippen molar-refractivity contribution >= 4 is 27.9 Å². The molecule has 1 rings (SSSR count). The highest BCUT2D eigenvalue weighted by atomic mass is 32.2. The lowest BCUT2D eigenvalue weighted by Gasteiger charge is -2.27. The molecule has 2 N–H and O–H groups in total. The van der Waals surface area contributed by atoms with Crippen LogP contribution in [0.4, 0.5) is 0 Å². The van der Waals surface area contributed by atoms with Gasteiger partial charge in [0.25, 0.3) is 16.0 Å². The number of nitrogens with zero attached hydrogens (tertiary/aromatic N) is 1. The van der Waals surface area contributed by atoms with Gasteiger partial charge in [0.1, 0.15) is 5.75 Å². The molecule has 0 unspecified atom stereocenters. The van der Waals surface area contributed by atoms with Crippen molar-refractivity contribution in [3.63, 3.8) is 0 Å². The number of benzene rings is 1. The van der Waals surface area contributed by atoms with Crippen molar-refractivity contribution in [1.29, 1.82) is 0 Å². The second kappa shape index (κ2) is 8.02. The molecule has 0 aliphatic carbocycles. The van der Waals surface area contributed by atoms with Crippen molar-refractivity contribution in [2.24, 2.45) is 5.92 Å². The van der Waals surface area contributed by atoms with Gasteiger partial charge in [0.05, 0.1) is 0 Å². The minimum atomic E-state index is -4.72. The summed E-state index contributed by atoms with van der Waals surface area (Å²) in [6.07, 6.45) is -0.145. The fraction of sp³-hybridized carbons (Fsp3) is 0.400. The van der Waals surface area contributed by atoms with Crippen LogP contribution < -0.4 is 0 Å². The molecule has 0 spiro atoms. The van der Waals surface area contributed by atoms with Crippen LogP contribution in [0.2, 0.25) is 0 Å². The molecule has 0 heterocycles. The van der Waals surface area contributed by atoms with Gasteiger partial charge in [-0.15, -0.1) is 0 Å². The molecule has 0 saturated heterocycles. The first-order chi connectivity index (χ1) is 11.0. The maximum Gasteiger partial charge on any atom is 0.328 e. The average Bonchev–Trinajstić information content (AvgIpc) is 2.45. The third-order valence-corrected chi connectivity index (χ3v) is 3.79. The number of rotatable bonds is 7. The number of carbonyl (C=O) groups is 3. The summed E-state index contributed by atoms with van der Waals surface area (Å²) in [6.45, 7) is 3.39. The monoisotopic (exact) mass is 357 g/mol. The van der Waals surface area contributed by atoms with Crippen molar-refractivity contribution in [3.05, 3.63) is 35.9 Å². The highest BCUT2D eigenvalue weighted by Crippen LogP contribution is 2.15. The molecule has 0 fully saturated rings. The molecular weight excluding hydrogens is 338 g/mol. The molecule has 1 aromatic rings. The minimum Gasteiger partial charge on any atom is -0.480 e. The summed E-state index contributed by atoms with van der Waals surface area (Å²) in [5.41, 5.74) is 0.0381. The van der Waals surface area contributed by atoms with E-state index in [2.05, 4.69) is 0 Å². The van der Waals surface area contributed by atoms with Crippen molar-refractivity contribution < 1.29 is 32.5 Å². The number of amides is 2. The Morgan fingerprint density at radius 2 is 1.67 bits per heavy atom. The van der Waals surface area contributed by atoms with Gasteiger partial charge in [0.2, 0.25) is 5.91 Å². The molecule has 0 aliphatic heterocycles. The first kappa shape index (κ1) is 19.8. The number of carboxylic acid groups (broad SMARTS) is 1. The zero-order valence-electron chi connectivity index (χ0n) is 13.2. The van der Waals surface area contributed by atoms with Crippen LogP contribution in [0.25, 0.3) is 0 Å². The second-order valence-electron chi connectivity index (χ2n) is 5.64. The van der Waals surface area contributed by atoms with Crippen LogP contribution in [0.15, 0.2) is 30.3 Å². The molecule has 0 aromatic heterocycles. The van der Waals surface area contributed by atoms with Crippen LogP contribution >= 0.6 is 0 Å². The molecule has 8 nitrogen and oxygen atoms in total. The zero-order chi connectivity index (χ0) is 18.5. The normalized spacial score (nSPS) is 12.7. The largest absolute Gasteiger partial charge is 0.480 e. The maximum absolute atomic E-state index is 12.6. The summed E-state index contributed by atoms with van der Waals surface area (Å²) in [5.74, 6) is -4.91. The molecule has 132 valence electrons. The van der Waals surface area contributed by atoms with E-state index in [0.717, 1.165) is 0 Å². The molecule has 0 aliphatic rings. The van der Waals surface area contributed by atoms with E-state index in [4.69, 9.17) is 4.55 Å². The summed E-state index contributed by atoms with van der Waals surface area (Å²) < 4.78 is 31.2. The lowest BCUT2D eigenvalue weighted by molar-refractivity contribution is -0.147. The first-order valence-electron chi connectivity index (χ1n) is 7.12. The Bertz CT molecular complexity index is 713. The molecule has 0 bridgehead atoms. The van der Waals surface area contributed by atoms with Gasteiger partial charge in [0, 0.05) is 12.0 Å². The predicted molar refractivity (Wildman–Crippen MR) is 84.9 cm³/mol. The zero-order valence-corrected chi connectivity index (χ0v) is 14.1. The standard InChI is InChI=1S/C15H19NO7S/c1-10(2)8-13(17)16(12(15(19)20)9-24(21,22)23)14(18)11-6-4-3-5-7-11/h3-7,10,12H,8-9H2,1-2H3,(H,19,20)(H,21,22,23)/t12-/m0/s1. The van der Waals surface area contributed by atoms with E-state index < -0.39 is 39.7 Å². The summed E-state index contributed by atoms with van der Waals surface area (Å²) in [7, 11) is -4.72. The molecule has 9 heteroatoms. The smallest absolute Gasteiger partial charge is 0.328 e. The highest BCUT2D eigenvalue weighted by molar-refractivity contribution is 7.85. The minimum absolute atomic E-state index is 0.0381. The molecule has 2 amide bonds. The number of hydrogen-bond donors (Lipinski definition) is 2. The van der Waals surface area contributed by atoms with Crippen LogP contribution in [-0.4, -0.2) is 52.6 Å². The molecule has 1 atom stereocenters. The van der Waals surface area contributed by atoms with E-state index in [-0.39, 0.29) is 17.9 Å². The first-order valence-corrected chi connectivity index (χ1v) is 8.73. The van der Waals surface area contributed by atoms with E-state index in [1.807, 2.05) is 0 Å². The molecule has 0 saturated carbocycles. The SMILES string of the molecule is CC(C)CC(=O)N(C(=O)c1ccccc1)[C@@H](CS(=O)(=O)O)C(=O)O. The van der Waals surface area contributed by atoms with Gasteiger partial charge in [-0.2, -0.15) is 8.42 Å². The molecule has 0 radical (unpaired) electrons. The van der Waals surface area contributed by atoms with Gasteiger partial charge >= 0.3 is 5.97 Å². The number of carboxylic acids is 1. The van der Waals surface area contributed by atoms with E-state index >= 15 is 0 Å². The van der Waals surface area contributed by atoms with Crippen LogP contribution in [0.3, 0.4) is 0 Å². The van der Waals surface area contributed by atoms with E-state index in [9.17, 15) is 27.9 Å². The summed E-state index contributed by atoms with van der Waals surface area (Å²) in [5, 5.41) is 9.26. The molecule has 24 heavy (non-hydrogen) atoms. The van der Waals surface area contributed by atoms with Gasteiger partial charge in [-0.1, -0.05) is 32.0 Å². The summed E-state index contributed by atoms with van der Waals surface area (Å²) >= 11 is 0. The average molecular weight is 357 g/mol. The van der Waals surface area contributed by atoms with Gasteiger partial charge in [0.15, 0.2) is 6.04 Å². The van der Waals surface area contributed by atoms with E-state index in [1.54, 1.807) is 19.9 Å². The summed E-state index contributed by atoms with van der Waals surface area (Å²) in [4.78, 5) is 36.7. The fourth-order valence-electron chi connectivity index (χ4n) is 2.05. The van der Waals surface area contributed by atoms with E-state index in [1.165, 1.54) is 24.3 Å². The third-order valence-electron chi connectivity index (χ3n) is 3.06. The van der Waals surface area contributed by atoms with Crippen molar-refractivity contribution in [2.45, 2.75) is 26.3 Å². The van der Waals surface area contributed by atoms with Gasteiger partial charge in [-0.05, 0) is 18.1 Å². The summed E-state index contributed by atoms with van der Waals surface area (Å²) in [6, 6.07) is 5.42. The Morgan fingerprint density at radius 1 is 1.12 bits per heavy atom. The topological polar surface area (TPSA) is 129 Å². The van der Waals surface area contributed by atoms with Crippen molar-refractivity contribution in [3.8, 4) is 0 Å². The quantitative estimate of drug-likeness (QED) is 0.698. The predicted octanol–water partition coefficient (Wildman–Crippen LogP) is 1.04. The number of hydrogen-bond acceptors (Lipinski definition) is 5. The van der Waals surface area contributed by atoms with Crippen LogP contribution in [0, 0.1) is 5.92 Å². The fourth-order valence-corrected chi connectivity index (χ4v) is 2.74. The Morgan fingerprint density at radius 3 is 2.08 bits per heavy atom. The van der Waals surface area contributed by atoms with Crippen LogP contribution in [-0.2, 0) is 19.7 Å².